The zero-order valence-corrected chi connectivity index (χ0v) is 18.4. The number of hydrazone groups is 1. The van der Waals surface area contributed by atoms with Crippen LogP contribution < -0.4 is 15.5 Å². The lowest BCUT2D eigenvalue weighted by Gasteiger charge is -2.07. The van der Waals surface area contributed by atoms with Crippen LogP contribution in [-0.4, -0.2) is 24.0 Å². The van der Waals surface area contributed by atoms with Crippen molar-refractivity contribution < 1.29 is 19.1 Å². The summed E-state index contributed by atoms with van der Waals surface area (Å²) in [5.74, 6) is -2.28. The molecule has 0 aliphatic rings. The molecule has 0 spiro atoms. The van der Waals surface area contributed by atoms with Crippen molar-refractivity contribution in [3.05, 3.63) is 92.9 Å². The van der Waals surface area contributed by atoms with Crippen LogP contribution >= 0.6 is 34.8 Å². The van der Waals surface area contributed by atoms with Gasteiger partial charge in [0.25, 0.3) is 0 Å². The van der Waals surface area contributed by atoms with Gasteiger partial charge in [-0.1, -0.05) is 46.9 Å². The number of carbonyl (C=O) groups is 3. The summed E-state index contributed by atoms with van der Waals surface area (Å²) in [5, 5.41) is 7.21. The standard InChI is InChI=1S/C22H14Cl3N3O4/c23-14-4-7-16(8-5-14)27-20(29)21(30)28-26-12-13-2-1-3-17(10-13)32-22(31)18-9-6-15(24)11-19(18)25/h1-12H,(H,27,29)(H,28,30). The fourth-order valence-corrected chi connectivity index (χ4v) is 3.02. The first-order valence-electron chi connectivity index (χ1n) is 8.99. The molecule has 0 aliphatic carbocycles. The number of carbonyl (C=O) groups excluding carboxylic acids is 3. The highest BCUT2D eigenvalue weighted by Gasteiger charge is 2.14. The van der Waals surface area contributed by atoms with Crippen molar-refractivity contribution in [2.24, 2.45) is 5.10 Å². The molecule has 0 radical (unpaired) electrons. The minimum atomic E-state index is -0.962. The van der Waals surface area contributed by atoms with Gasteiger partial charge in [-0.2, -0.15) is 5.10 Å². The van der Waals surface area contributed by atoms with Crippen molar-refractivity contribution in [1.82, 2.24) is 5.43 Å². The molecule has 3 aromatic rings. The lowest BCUT2D eigenvalue weighted by Crippen LogP contribution is -2.32. The third-order valence-electron chi connectivity index (χ3n) is 3.91. The van der Waals surface area contributed by atoms with Crippen LogP contribution in [0.2, 0.25) is 15.1 Å². The molecule has 162 valence electrons. The third-order valence-corrected chi connectivity index (χ3v) is 4.71. The highest BCUT2D eigenvalue weighted by molar-refractivity contribution is 6.39. The molecule has 0 heterocycles. The van der Waals surface area contributed by atoms with Crippen LogP contribution in [0.1, 0.15) is 15.9 Å². The number of halogens is 3. The second-order valence-corrected chi connectivity index (χ2v) is 7.53. The number of nitrogens with one attached hydrogen (secondary N) is 2. The number of benzene rings is 3. The van der Waals surface area contributed by atoms with Crippen LogP contribution in [0.25, 0.3) is 0 Å². The number of esters is 1. The van der Waals surface area contributed by atoms with E-state index in [2.05, 4.69) is 15.8 Å². The van der Waals surface area contributed by atoms with E-state index in [1.54, 1.807) is 42.5 Å². The summed E-state index contributed by atoms with van der Waals surface area (Å²) in [5.41, 5.74) is 3.20. The van der Waals surface area contributed by atoms with E-state index in [0.29, 0.717) is 21.3 Å². The Kier molecular flexibility index (Phi) is 7.83. The third kappa shape index (κ3) is 6.55. The minimum Gasteiger partial charge on any atom is -0.423 e. The summed E-state index contributed by atoms with van der Waals surface area (Å²) < 4.78 is 5.31. The zero-order valence-electron chi connectivity index (χ0n) is 16.1. The van der Waals surface area contributed by atoms with Crippen LogP contribution in [-0.2, 0) is 9.59 Å². The van der Waals surface area contributed by atoms with Crippen molar-refractivity contribution in [2.45, 2.75) is 0 Å². The molecule has 3 aromatic carbocycles. The van der Waals surface area contributed by atoms with Crippen LogP contribution in [0.4, 0.5) is 5.69 Å². The molecule has 32 heavy (non-hydrogen) atoms. The Balaban J connectivity index is 1.57. The van der Waals surface area contributed by atoms with E-state index >= 15 is 0 Å². The maximum atomic E-state index is 12.3. The Bertz CT molecular complexity index is 1200. The zero-order chi connectivity index (χ0) is 23.1. The Hall–Kier alpha value is -3.39. The van der Waals surface area contributed by atoms with Crippen LogP contribution in [0, 0.1) is 0 Å². The molecule has 0 atom stereocenters. The van der Waals surface area contributed by atoms with Crippen molar-refractivity contribution in [3.8, 4) is 5.75 Å². The summed E-state index contributed by atoms with van der Waals surface area (Å²) in [6.45, 7) is 0. The van der Waals surface area contributed by atoms with Gasteiger partial charge >= 0.3 is 17.8 Å². The normalized spacial score (nSPS) is 10.6. The first kappa shape index (κ1) is 23.3. The van der Waals surface area contributed by atoms with Crippen molar-refractivity contribution in [3.63, 3.8) is 0 Å². The van der Waals surface area contributed by atoms with Gasteiger partial charge in [0.1, 0.15) is 5.75 Å². The quantitative estimate of drug-likeness (QED) is 0.174. The van der Waals surface area contributed by atoms with Crippen LogP contribution in [0.15, 0.2) is 71.8 Å². The SMILES string of the molecule is O=C(NN=Cc1cccc(OC(=O)c2ccc(Cl)cc2Cl)c1)C(=O)Nc1ccc(Cl)cc1. The molecule has 3 rings (SSSR count). The Morgan fingerprint density at radius 2 is 1.56 bits per heavy atom. The van der Waals surface area contributed by atoms with Crippen molar-refractivity contribution in [2.75, 3.05) is 5.32 Å². The average molecular weight is 491 g/mol. The summed E-state index contributed by atoms with van der Waals surface area (Å²) in [6, 6.07) is 17.1. The minimum absolute atomic E-state index is 0.161. The molecule has 2 amide bonds. The Morgan fingerprint density at radius 3 is 2.28 bits per heavy atom. The van der Waals surface area contributed by atoms with E-state index in [4.69, 9.17) is 39.5 Å². The molecule has 0 aromatic heterocycles. The first-order valence-corrected chi connectivity index (χ1v) is 10.1. The lowest BCUT2D eigenvalue weighted by atomic mass is 10.2. The monoisotopic (exact) mass is 489 g/mol. The fourth-order valence-electron chi connectivity index (χ4n) is 2.41. The van der Waals surface area contributed by atoms with E-state index in [1.165, 1.54) is 30.5 Å². The number of amides is 2. The van der Waals surface area contributed by atoms with Gasteiger partial charge in [0.05, 0.1) is 16.8 Å². The highest BCUT2D eigenvalue weighted by Crippen LogP contribution is 2.23. The van der Waals surface area contributed by atoms with Gasteiger partial charge in [-0.3, -0.25) is 9.59 Å². The number of nitrogens with zero attached hydrogens (tertiary/aromatic N) is 1. The van der Waals surface area contributed by atoms with Gasteiger partial charge in [0.2, 0.25) is 0 Å². The molecule has 2 N–H and O–H groups in total. The van der Waals surface area contributed by atoms with Crippen LogP contribution in [0.3, 0.4) is 0 Å². The van der Waals surface area contributed by atoms with E-state index in [9.17, 15) is 14.4 Å². The summed E-state index contributed by atoms with van der Waals surface area (Å²) in [4.78, 5) is 36.1. The topological polar surface area (TPSA) is 96.9 Å². The number of anilines is 1. The van der Waals surface area contributed by atoms with Crippen LogP contribution in [0.5, 0.6) is 5.75 Å². The number of ether oxygens (including phenoxy) is 1. The number of hydrogen-bond donors (Lipinski definition) is 2. The fraction of sp³-hybridized carbons (Fsp3) is 0. The Morgan fingerprint density at radius 1 is 0.844 bits per heavy atom. The predicted molar refractivity (Wildman–Crippen MR) is 124 cm³/mol. The van der Waals surface area contributed by atoms with Gasteiger partial charge in [-0.25, -0.2) is 10.2 Å². The van der Waals surface area contributed by atoms with E-state index in [-0.39, 0.29) is 16.3 Å². The molecule has 7 nitrogen and oxygen atoms in total. The van der Waals surface area contributed by atoms with Gasteiger partial charge in [0, 0.05) is 15.7 Å². The first-order chi connectivity index (χ1) is 15.3. The lowest BCUT2D eigenvalue weighted by molar-refractivity contribution is -0.136. The average Bonchev–Trinajstić information content (AvgIpc) is 2.75. The number of rotatable bonds is 5. The molecule has 0 saturated carbocycles. The summed E-state index contributed by atoms with van der Waals surface area (Å²) in [7, 11) is 0. The molecule has 0 aliphatic heterocycles. The Labute approximate surface area is 197 Å². The van der Waals surface area contributed by atoms with Gasteiger partial charge in [-0.15, -0.1) is 0 Å². The number of hydrogen-bond acceptors (Lipinski definition) is 5. The molecular formula is C22H14Cl3N3O4. The smallest absolute Gasteiger partial charge is 0.345 e. The maximum Gasteiger partial charge on any atom is 0.345 e. The van der Waals surface area contributed by atoms with E-state index in [0.717, 1.165) is 0 Å². The second-order valence-electron chi connectivity index (χ2n) is 6.25. The molecule has 10 heteroatoms. The molecule has 0 bridgehead atoms. The van der Waals surface area contributed by atoms with Gasteiger partial charge < -0.3 is 10.1 Å². The summed E-state index contributed by atoms with van der Waals surface area (Å²) >= 11 is 17.6. The van der Waals surface area contributed by atoms with Crippen molar-refractivity contribution in [1.29, 1.82) is 0 Å². The molecule has 0 saturated heterocycles. The van der Waals surface area contributed by atoms with E-state index < -0.39 is 17.8 Å². The highest BCUT2D eigenvalue weighted by atomic mass is 35.5. The predicted octanol–water partition coefficient (Wildman–Crippen LogP) is 4.95. The summed E-state index contributed by atoms with van der Waals surface area (Å²) in [6.07, 6.45) is 1.29. The second kappa shape index (κ2) is 10.8. The maximum absolute atomic E-state index is 12.3. The molecule has 0 fully saturated rings. The van der Waals surface area contributed by atoms with Gasteiger partial charge in [-0.05, 0) is 60.2 Å². The van der Waals surface area contributed by atoms with Crippen molar-refractivity contribution >= 4 is 64.5 Å². The molecular weight excluding hydrogens is 477 g/mol. The molecule has 0 unspecified atom stereocenters. The van der Waals surface area contributed by atoms with Gasteiger partial charge in [0.15, 0.2) is 0 Å². The van der Waals surface area contributed by atoms with E-state index in [1.807, 2.05) is 0 Å². The largest absolute Gasteiger partial charge is 0.423 e.